The molecule has 0 heterocycles. The lowest BCUT2D eigenvalue weighted by Gasteiger charge is -1.98. The van der Waals surface area contributed by atoms with Crippen molar-refractivity contribution in [1.29, 1.82) is 5.26 Å². The number of anilines is 1. The molecule has 0 fully saturated rings. The topological polar surface area (TPSA) is 49.8 Å². The van der Waals surface area contributed by atoms with Crippen molar-refractivity contribution in [3.63, 3.8) is 0 Å². The van der Waals surface area contributed by atoms with Gasteiger partial charge < -0.3 is 5.73 Å². The number of benzene rings is 1. The van der Waals surface area contributed by atoms with Gasteiger partial charge in [0, 0.05) is 5.02 Å². The molecule has 1 aromatic rings. The fourth-order valence-corrected chi connectivity index (χ4v) is 0.882. The molecular formula is C7H4ClFN2. The Hall–Kier alpha value is -1.27. The van der Waals surface area contributed by atoms with Gasteiger partial charge >= 0.3 is 0 Å². The predicted octanol–water partition coefficient (Wildman–Crippen LogP) is 1.93. The van der Waals surface area contributed by atoms with E-state index in [1.165, 1.54) is 6.07 Å². The van der Waals surface area contributed by atoms with Crippen molar-refractivity contribution >= 4 is 17.3 Å². The summed E-state index contributed by atoms with van der Waals surface area (Å²) in [6.45, 7) is 0. The lowest BCUT2D eigenvalue weighted by Crippen LogP contribution is -1.94. The minimum atomic E-state index is -0.658. The van der Waals surface area contributed by atoms with Crippen molar-refractivity contribution in [3.05, 3.63) is 28.5 Å². The monoisotopic (exact) mass is 170 g/mol. The van der Waals surface area contributed by atoms with Gasteiger partial charge in [-0.05, 0) is 12.1 Å². The fourth-order valence-electron chi connectivity index (χ4n) is 0.677. The van der Waals surface area contributed by atoms with E-state index in [1.54, 1.807) is 6.07 Å². The second-order valence-corrected chi connectivity index (χ2v) is 2.40. The minimum Gasteiger partial charge on any atom is -0.395 e. The Morgan fingerprint density at radius 1 is 1.55 bits per heavy atom. The van der Waals surface area contributed by atoms with Gasteiger partial charge in [0.05, 0.1) is 11.3 Å². The van der Waals surface area contributed by atoms with Crippen molar-refractivity contribution in [1.82, 2.24) is 0 Å². The van der Waals surface area contributed by atoms with Crippen LogP contribution in [0.2, 0.25) is 5.02 Å². The average Bonchev–Trinajstić information content (AvgIpc) is 1.96. The third-order valence-electron chi connectivity index (χ3n) is 1.21. The van der Waals surface area contributed by atoms with Crippen LogP contribution in [0.5, 0.6) is 0 Å². The summed E-state index contributed by atoms with van der Waals surface area (Å²) in [6, 6.07) is 4.11. The number of hydrogen-bond acceptors (Lipinski definition) is 2. The van der Waals surface area contributed by atoms with Gasteiger partial charge in [-0.3, -0.25) is 0 Å². The standard InChI is InChI=1S/C7H4ClFN2/c8-5-1-4(3-10)7(11)6(9)2-5/h1-2H,11H2. The Bertz CT molecular complexity index is 330. The third kappa shape index (κ3) is 1.41. The van der Waals surface area contributed by atoms with Crippen LogP contribution in [0.25, 0.3) is 0 Å². The molecule has 0 aliphatic heterocycles. The largest absolute Gasteiger partial charge is 0.395 e. The molecule has 0 amide bonds. The Kier molecular flexibility index (Phi) is 1.97. The number of nitrogen functional groups attached to an aromatic ring is 1. The number of halogens is 2. The van der Waals surface area contributed by atoms with E-state index in [0.717, 1.165) is 6.07 Å². The first-order valence-corrected chi connectivity index (χ1v) is 3.17. The van der Waals surface area contributed by atoms with E-state index in [2.05, 4.69) is 0 Å². The summed E-state index contributed by atoms with van der Waals surface area (Å²) in [6.07, 6.45) is 0. The predicted molar refractivity (Wildman–Crippen MR) is 40.5 cm³/mol. The first-order valence-electron chi connectivity index (χ1n) is 2.79. The van der Waals surface area contributed by atoms with Gasteiger partial charge in [-0.25, -0.2) is 4.39 Å². The molecule has 0 spiro atoms. The van der Waals surface area contributed by atoms with Crippen LogP contribution in [-0.2, 0) is 0 Å². The van der Waals surface area contributed by atoms with E-state index in [-0.39, 0.29) is 16.3 Å². The van der Waals surface area contributed by atoms with Crippen LogP contribution in [0, 0.1) is 17.1 Å². The number of nitrogens with two attached hydrogens (primary N) is 1. The summed E-state index contributed by atoms with van der Waals surface area (Å²) in [7, 11) is 0. The normalized spacial score (nSPS) is 9.18. The highest BCUT2D eigenvalue weighted by Gasteiger charge is 2.05. The maximum atomic E-state index is 12.7. The molecule has 11 heavy (non-hydrogen) atoms. The molecule has 0 atom stereocenters. The summed E-state index contributed by atoms with van der Waals surface area (Å²) < 4.78 is 12.7. The van der Waals surface area contributed by atoms with Gasteiger partial charge in [0.1, 0.15) is 11.9 Å². The highest BCUT2D eigenvalue weighted by Crippen LogP contribution is 2.20. The maximum Gasteiger partial charge on any atom is 0.148 e. The van der Waals surface area contributed by atoms with E-state index in [4.69, 9.17) is 22.6 Å². The van der Waals surface area contributed by atoms with Crippen molar-refractivity contribution in [3.8, 4) is 6.07 Å². The molecule has 0 bridgehead atoms. The molecule has 56 valence electrons. The molecule has 2 nitrogen and oxygen atoms in total. The highest BCUT2D eigenvalue weighted by atomic mass is 35.5. The van der Waals surface area contributed by atoms with Crippen LogP contribution < -0.4 is 5.73 Å². The summed E-state index contributed by atoms with van der Waals surface area (Å²) in [4.78, 5) is 0. The minimum absolute atomic E-state index is 0.0648. The molecule has 0 aliphatic carbocycles. The van der Waals surface area contributed by atoms with Gasteiger partial charge in [0.15, 0.2) is 0 Å². The van der Waals surface area contributed by atoms with Crippen LogP contribution >= 0.6 is 11.6 Å². The fraction of sp³-hybridized carbons (Fsp3) is 0. The third-order valence-corrected chi connectivity index (χ3v) is 1.43. The Morgan fingerprint density at radius 3 is 2.73 bits per heavy atom. The summed E-state index contributed by atoms with van der Waals surface area (Å²) in [5.41, 5.74) is 5.12. The van der Waals surface area contributed by atoms with Crippen molar-refractivity contribution in [2.75, 3.05) is 5.73 Å². The van der Waals surface area contributed by atoms with Gasteiger partial charge in [0.2, 0.25) is 0 Å². The molecule has 1 aromatic carbocycles. The molecule has 0 aromatic heterocycles. The van der Waals surface area contributed by atoms with Gasteiger partial charge in [-0.2, -0.15) is 5.26 Å². The zero-order valence-electron chi connectivity index (χ0n) is 5.44. The van der Waals surface area contributed by atoms with Crippen molar-refractivity contribution in [2.24, 2.45) is 0 Å². The first kappa shape index (κ1) is 7.83. The van der Waals surface area contributed by atoms with E-state index < -0.39 is 5.82 Å². The van der Waals surface area contributed by atoms with E-state index in [1.807, 2.05) is 0 Å². The molecule has 0 radical (unpaired) electrons. The zero-order valence-corrected chi connectivity index (χ0v) is 6.19. The van der Waals surface area contributed by atoms with E-state index >= 15 is 0 Å². The SMILES string of the molecule is N#Cc1cc(Cl)cc(F)c1N. The van der Waals surface area contributed by atoms with Gasteiger partial charge in [0.25, 0.3) is 0 Å². The highest BCUT2D eigenvalue weighted by molar-refractivity contribution is 6.30. The molecule has 0 saturated carbocycles. The number of rotatable bonds is 0. The molecule has 0 aliphatic rings. The Balaban J connectivity index is 3.39. The second kappa shape index (κ2) is 2.77. The molecule has 1 rings (SSSR count). The lowest BCUT2D eigenvalue weighted by molar-refractivity contribution is 0.632. The van der Waals surface area contributed by atoms with Crippen LogP contribution in [0.1, 0.15) is 5.56 Å². The number of nitrogens with zero attached hydrogens (tertiary/aromatic N) is 1. The van der Waals surface area contributed by atoms with Gasteiger partial charge in [-0.15, -0.1) is 0 Å². The van der Waals surface area contributed by atoms with Gasteiger partial charge in [-0.1, -0.05) is 11.6 Å². The second-order valence-electron chi connectivity index (χ2n) is 1.96. The zero-order chi connectivity index (χ0) is 8.43. The number of nitriles is 1. The summed E-state index contributed by atoms with van der Waals surface area (Å²) in [5.74, 6) is -0.658. The Labute approximate surface area is 68.0 Å². The average molecular weight is 171 g/mol. The Morgan fingerprint density at radius 2 is 2.18 bits per heavy atom. The van der Waals surface area contributed by atoms with Crippen LogP contribution in [0.3, 0.4) is 0 Å². The molecule has 0 unspecified atom stereocenters. The number of hydrogen-bond donors (Lipinski definition) is 1. The van der Waals surface area contributed by atoms with E-state index in [9.17, 15) is 4.39 Å². The van der Waals surface area contributed by atoms with Crippen LogP contribution in [0.4, 0.5) is 10.1 Å². The quantitative estimate of drug-likeness (QED) is 0.605. The van der Waals surface area contributed by atoms with Crippen LogP contribution in [0.15, 0.2) is 12.1 Å². The summed E-state index contributed by atoms with van der Waals surface area (Å²) >= 11 is 5.45. The first-order chi connectivity index (χ1) is 5.15. The van der Waals surface area contributed by atoms with E-state index in [0.29, 0.717) is 0 Å². The molecule has 4 heteroatoms. The smallest absolute Gasteiger partial charge is 0.148 e. The van der Waals surface area contributed by atoms with Crippen molar-refractivity contribution < 1.29 is 4.39 Å². The van der Waals surface area contributed by atoms with Crippen LogP contribution in [-0.4, -0.2) is 0 Å². The maximum absolute atomic E-state index is 12.7. The molecule has 0 saturated heterocycles. The molecule has 2 N–H and O–H groups in total. The lowest BCUT2D eigenvalue weighted by atomic mass is 10.2. The molecular weight excluding hydrogens is 167 g/mol. The van der Waals surface area contributed by atoms with Crippen molar-refractivity contribution in [2.45, 2.75) is 0 Å². The summed E-state index contributed by atoms with van der Waals surface area (Å²) in [5, 5.41) is 8.59.